The molecule has 0 radical (unpaired) electrons. The summed E-state index contributed by atoms with van der Waals surface area (Å²) >= 11 is 0. The molecular weight excluding hydrogens is 258 g/mol. The van der Waals surface area contributed by atoms with Crippen LogP contribution in [0.2, 0.25) is 0 Å². The van der Waals surface area contributed by atoms with Crippen LogP contribution in [0.25, 0.3) is 0 Å². The molecule has 110 valence electrons. The van der Waals surface area contributed by atoms with Crippen molar-refractivity contribution in [2.45, 2.75) is 52.6 Å². The molecule has 0 bridgehead atoms. The van der Waals surface area contributed by atoms with Crippen molar-refractivity contribution in [3.05, 3.63) is 11.6 Å². The van der Waals surface area contributed by atoms with Crippen LogP contribution in [0, 0.1) is 0 Å². The van der Waals surface area contributed by atoms with Crippen molar-refractivity contribution in [2.24, 2.45) is 0 Å². The molecule has 0 saturated carbocycles. The van der Waals surface area contributed by atoms with Crippen LogP contribution in [0.5, 0.6) is 0 Å². The van der Waals surface area contributed by atoms with Gasteiger partial charge in [-0.3, -0.25) is 14.8 Å². The SMILES string of the molecule is CC(C)N1CC(=O)N(Cc2nc(C(C)(C)C)n[nH]2)C1=O. The summed E-state index contributed by atoms with van der Waals surface area (Å²) < 4.78 is 0. The van der Waals surface area contributed by atoms with Crippen molar-refractivity contribution in [3.63, 3.8) is 0 Å². The lowest BCUT2D eigenvalue weighted by Gasteiger charge is -2.19. The molecule has 7 nitrogen and oxygen atoms in total. The van der Waals surface area contributed by atoms with Gasteiger partial charge in [0.05, 0.1) is 6.54 Å². The standard InChI is InChI=1S/C13H21N5O2/c1-8(2)17-7-10(19)18(12(17)20)6-9-14-11(16-15-9)13(3,4)5/h8H,6-7H2,1-5H3,(H,14,15,16). The van der Waals surface area contributed by atoms with Gasteiger partial charge < -0.3 is 4.90 Å². The number of amides is 3. The minimum atomic E-state index is -0.265. The first-order chi connectivity index (χ1) is 9.20. The van der Waals surface area contributed by atoms with Crippen molar-refractivity contribution in [2.75, 3.05) is 6.54 Å². The molecule has 1 fully saturated rings. The van der Waals surface area contributed by atoms with Crippen LogP contribution >= 0.6 is 0 Å². The van der Waals surface area contributed by atoms with Gasteiger partial charge in [-0.2, -0.15) is 5.10 Å². The zero-order valence-electron chi connectivity index (χ0n) is 12.6. The number of hydrogen-bond acceptors (Lipinski definition) is 4. The Morgan fingerprint density at radius 3 is 2.40 bits per heavy atom. The third-order valence-electron chi connectivity index (χ3n) is 3.22. The third kappa shape index (κ3) is 2.66. The predicted octanol–water partition coefficient (Wildman–Crippen LogP) is 1.27. The van der Waals surface area contributed by atoms with E-state index in [-0.39, 0.29) is 36.5 Å². The van der Waals surface area contributed by atoms with E-state index in [0.717, 1.165) is 0 Å². The highest BCUT2D eigenvalue weighted by atomic mass is 16.2. The van der Waals surface area contributed by atoms with Crippen LogP contribution in [-0.2, 0) is 16.8 Å². The minimum Gasteiger partial charge on any atom is -0.313 e. The maximum atomic E-state index is 12.1. The Morgan fingerprint density at radius 2 is 1.95 bits per heavy atom. The first-order valence-electron chi connectivity index (χ1n) is 6.73. The molecule has 0 aliphatic carbocycles. The summed E-state index contributed by atoms with van der Waals surface area (Å²) in [5.74, 6) is 1.01. The number of imide groups is 1. The van der Waals surface area contributed by atoms with Crippen LogP contribution in [0.4, 0.5) is 4.79 Å². The van der Waals surface area contributed by atoms with Gasteiger partial charge in [0.2, 0.25) is 0 Å². The molecule has 1 saturated heterocycles. The van der Waals surface area contributed by atoms with E-state index in [4.69, 9.17) is 0 Å². The van der Waals surface area contributed by atoms with E-state index >= 15 is 0 Å². The highest BCUT2D eigenvalue weighted by Crippen LogP contribution is 2.19. The summed E-state index contributed by atoms with van der Waals surface area (Å²) in [4.78, 5) is 31.2. The van der Waals surface area contributed by atoms with E-state index in [9.17, 15) is 9.59 Å². The Hall–Kier alpha value is -1.92. The van der Waals surface area contributed by atoms with E-state index in [0.29, 0.717) is 11.6 Å². The molecule has 1 N–H and O–H groups in total. The van der Waals surface area contributed by atoms with E-state index < -0.39 is 0 Å². The summed E-state index contributed by atoms with van der Waals surface area (Å²) in [5.41, 5.74) is -0.169. The monoisotopic (exact) mass is 279 g/mol. The number of carbonyl (C=O) groups is 2. The highest BCUT2D eigenvalue weighted by Gasteiger charge is 2.37. The first kappa shape index (κ1) is 14.5. The molecule has 20 heavy (non-hydrogen) atoms. The Morgan fingerprint density at radius 1 is 1.30 bits per heavy atom. The predicted molar refractivity (Wildman–Crippen MR) is 72.9 cm³/mol. The molecule has 0 unspecified atom stereocenters. The van der Waals surface area contributed by atoms with Gasteiger partial charge in [-0.25, -0.2) is 9.78 Å². The summed E-state index contributed by atoms with van der Waals surface area (Å²) in [7, 11) is 0. The van der Waals surface area contributed by atoms with Crippen LogP contribution in [0.1, 0.15) is 46.3 Å². The zero-order chi connectivity index (χ0) is 15.1. The van der Waals surface area contributed by atoms with E-state index in [1.54, 1.807) is 4.90 Å². The largest absolute Gasteiger partial charge is 0.327 e. The van der Waals surface area contributed by atoms with Crippen LogP contribution < -0.4 is 0 Å². The van der Waals surface area contributed by atoms with Crippen molar-refractivity contribution in [3.8, 4) is 0 Å². The number of hydrogen-bond donors (Lipinski definition) is 1. The third-order valence-corrected chi connectivity index (χ3v) is 3.22. The Balaban J connectivity index is 2.12. The minimum absolute atomic E-state index is 0.0105. The number of aromatic amines is 1. The number of rotatable bonds is 3. The molecule has 0 spiro atoms. The van der Waals surface area contributed by atoms with Crippen LogP contribution in [0.3, 0.4) is 0 Å². The quantitative estimate of drug-likeness (QED) is 0.845. The van der Waals surface area contributed by atoms with Crippen molar-refractivity contribution in [1.29, 1.82) is 0 Å². The van der Waals surface area contributed by atoms with Crippen LogP contribution in [0.15, 0.2) is 0 Å². The maximum Gasteiger partial charge on any atom is 0.327 e. The first-order valence-corrected chi connectivity index (χ1v) is 6.73. The zero-order valence-corrected chi connectivity index (χ0v) is 12.6. The second kappa shape index (κ2) is 4.88. The summed E-state index contributed by atoms with van der Waals surface area (Å²) in [6.45, 7) is 10.1. The van der Waals surface area contributed by atoms with Crippen molar-refractivity contribution in [1.82, 2.24) is 25.0 Å². The normalized spacial score (nSPS) is 16.7. The molecule has 2 heterocycles. The molecule has 2 rings (SSSR count). The molecule has 3 amide bonds. The average Bonchev–Trinajstić information content (AvgIpc) is 2.88. The number of urea groups is 1. The molecule has 1 aromatic heterocycles. The molecule has 7 heteroatoms. The summed E-state index contributed by atoms with van der Waals surface area (Å²) in [6, 6.07) is -0.255. The number of H-pyrrole nitrogens is 1. The number of aromatic nitrogens is 3. The average molecular weight is 279 g/mol. The van der Waals surface area contributed by atoms with E-state index in [1.807, 2.05) is 34.6 Å². The molecule has 1 aliphatic rings. The highest BCUT2D eigenvalue weighted by molar-refractivity contribution is 6.02. The van der Waals surface area contributed by atoms with Crippen molar-refractivity contribution < 1.29 is 9.59 Å². The summed E-state index contributed by atoms with van der Waals surface area (Å²) in [6.07, 6.45) is 0. The van der Waals surface area contributed by atoms with Gasteiger partial charge in [0.15, 0.2) is 5.82 Å². The fourth-order valence-electron chi connectivity index (χ4n) is 1.97. The Kier molecular flexibility index (Phi) is 3.54. The van der Waals surface area contributed by atoms with Crippen LogP contribution in [-0.4, -0.2) is 49.5 Å². The fraction of sp³-hybridized carbons (Fsp3) is 0.692. The second-order valence-electron chi connectivity index (χ2n) is 6.34. The molecule has 0 aromatic carbocycles. The lowest BCUT2D eigenvalue weighted by Crippen LogP contribution is -2.36. The number of nitrogens with one attached hydrogen (secondary N) is 1. The fourth-order valence-corrected chi connectivity index (χ4v) is 1.97. The van der Waals surface area contributed by atoms with Gasteiger partial charge in [0.1, 0.15) is 12.4 Å². The molecular formula is C13H21N5O2. The van der Waals surface area contributed by atoms with Crippen molar-refractivity contribution >= 4 is 11.9 Å². The summed E-state index contributed by atoms with van der Waals surface area (Å²) in [5, 5.41) is 6.93. The number of carbonyl (C=O) groups excluding carboxylic acids is 2. The number of nitrogens with zero attached hydrogens (tertiary/aromatic N) is 4. The second-order valence-corrected chi connectivity index (χ2v) is 6.34. The lowest BCUT2D eigenvalue weighted by molar-refractivity contribution is -0.125. The van der Waals surface area contributed by atoms with Gasteiger partial charge in [-0.1, -0.05) is 20.8 Å². The van der Waals surface area contributed by atoms with Gasteiger partial charge in [0, 0.05) is 11.5 Å². The Labute approximate surface area is 118 Å². The smallest absolute Gasteiger partial charge is 0.313 e. The van der Waals surface area contributed by atoms with Gasteiger partial charge >= 0.3 is 6.03 Å². The lowest BCUT2D eigenvalue weighted by atomic mass is 9.96. The van der Waals surface area contributed by atoms with Gasteiger partial charge in [-0.05, 0) is 13.8 Å². The molecule has 0 atom stereocenters. The maximum absolute atomic E-state index is 12.1. The molecule has 1 aromatic rings. The van der Waals surface area contributed by atoms with E-state index in [1.165, 1.54) is 4.90 Å². The van der Waals surface area contributed by atoms with Gasteiger partial charge in [-0.15, -0.1) is 0 Å². The van der Waals surface area contributed by atoms with Gasteiger partial charge in [0.25, 0.3) is 5.91 Å². The topological polar surface area (TPSA) is 82.2 Å². The van der Waals surface area contributed by atoms with E-state index in [2.05, 4.69) is 15.2 Å². The Bertz CT molecular complexity index is 529. The molecule has 1 aliphatic heterocycles.